The fraction of sp³-hybridized carbons (Fsp3) is 0.312. The molecule has 0 fully saturated rings. The lowest BCUT2D eigenvalue weighted by Gasteiger charge is -2.13. The number of para-hydroxylation sites is 2. The van der Waals surface area contributed by atoms with Crippen LogP contribution in [0.2, 0.25) is 0 Å². The van der Waals surface area contributed by atoms with E-state index in [9.17, 15) is 14.7 Å². The van der Waals surface area contributed by atoms with Crippen LogP contribution in [0.25, 0.3) is 0 Å². The van der Waals surface area contributed by atoms with Crippen LogP contribution in [0.15, 0.2) is 29.6 Å². The summed E-state index contributed by atoms with van der Waals surface area (Å²) >= 11 is 1.26. The SMILES string of the molecule is CCOc1ccccc1NC(=O)[C@H](C)c1nc(CC(=O)[O-])cs1. The van der Waals surface area contributed by atoms with Crippen LogP contribution >= 0.6 is 11.3 Å². The van der Waals surface area contributed by atoms with E-state index >= 15 is 0 Å². The zero-order valence-corrected chi connectivity index (χ0v) is 13.7. The molecular formula is C16H17N2O4S-. The minimum absolute atomic E-state index is 0.230. The molecule has 1 aromatic heterocycles. The van der Waals surface area contributed by atoms with Crippen molar-refractivity contribution in [1.82, 2.24) is 4.98 Å². The lowest BCUT2D eigenvalue weighted by molar-refractivity contribution is -0.304. The van der Waals surface area contributed by atoms with Crippen LogP contribution in [0.3, 0.4) is 0 Å². The number of ether oxygens (including phenoxy) is 1. The average molecular weight is 333 g/mol. The molecule has 122 valence electrons. The first-order chi connectivity index (χ1) is 11.0. The summed E-state index contributed by atoms with van der Waals surface area (Å²) in [4.78, 5) is 27.1. The number of carboxylic acid groups (broad SMARTS) is 1. The highest BCUT2D eigenvalue weighted by atomic mass is 32.1. The molecule has 0 bridgehead atoms. The zero-order chi connectivity index (χ0) is 16.8. The molecule has 6 nitrogen and oxygen atoms in total. The number of rotatable bonds is 7. The van der Waals surface area contributed by atoms with Crippen molar-refractivity contribution in [2.75, 3.05) is 11.9 Å². The first-order valence-corrected chi connectivity index (χ1v) is 8.06. The van der Waals surface area contributed by atoms with E-state index < -0.39 is 11.9 Å². The van der Waals surface area contributed by atoms with E-state index in [2.05, 4.69) is 10.3 Å². The van der Waals surface area contributed by atoms with Gasteiger partial charge < -0.3 is 20.0 Å². The monoisotopic (exact) mass is 333 g/mol. The van der Waals surface area contributed by atoms with Crippen LogP contribution in [-0.4, -0.2) is 23.5 Å². The Morgan fingerprint density at radius 3 is 2.83 bits per heavy atom. The molecule has 0 spiro atoms. The highest BCUT2D eigenvalue weighted by molar-refractivity contribution is 7.09. The number of hydrogen-bond acceptors (Lipinski definition) is 6. The molecule has 1 aromatic carbocycles. The van der Waals surface area contributed by atoms with Gasteiger partial charge in [0, 0.05) is 17.8 Å². The summed E-state index contributed by atoms with van der Waals surface area (Å²) < 4.78 is 5.47. The van der Waals surface area contributed by atoms with Gasteiger partial charge in [-0.15, -0.1) is 11.3 Å². The quantitative estimate of drug-likeness (QED) is 0.830. The Kier molecular flexibility index (Phi) is 5.70. The Hall–Kier alpha value is -2.41. The van der Waals surface area contributed by atoms with Crippen molar-refractivity contribution in [1.29, 1.82) is 0 Å². The number of nitrogens with zero attached hydrogens (tertiary/aromatic N) is 1. The van der Waals surface area contributed by atoms with Gasteiger partial charge in [-0.05, 0) is 26.0 Å². The lowest BCUT2D eigenvalue weighted by Crippen LogP contribution is -2.24. The van der Waals surface area contributed by atoms with Crippen LogP contribution in [0, 0.1) is 0 Å². The van der Waals surface area contributed by atoms with Gasteiger partial charge >= 0.3 is 0 Å². The smallest absolute Gasteiger partial charge is 0.234 e. The van der Waals surface area contributed by atoms with Gasteiger partial charge in [-0.3, -0.25) is 4.79 Å². The molecule has 7 heteroatoms. The van der Waals surface area contributed by atoms with Gasteiger partial charge in [0.05, 0.1) is 23.9 Å². The van der Waals surface area contributed by atoms with E-state index in [1.54, 1.807) is 24.4 Å². The standard InChI is InChI=1S/C16H18N2O4S/c1-3-22-13-7-5-4-6-12(13)18-15(21)10(2)16-17-11(9-23-16)8-14(19)20/h4-7,9-10H,3,8H2,1-2H3,(H,18,21)(H,19,20)/p-1/t10-/m0/s1. The summed E-state index contributed by atoms with van der Waals surface area (Å²) in [5, 5.41) is 15.6. The van der Waals surface area contributed by atoms with Crippen molar-refractivity contribution in [3.63, 3.8) is 0 Å². The van der Waals surface area contributed by atoms with E-state index in [-0.39, 0.29) is 12.3 Å². The van der Waals surface area contributed by atoms with E-state index in [1.165, 1.54) is 11.3 Å². The van der Waals surface area contributed by atoms with Gasteiger partial charge in [-0.1, -0.05) is 12.1 Å². The molecule has 2 aromatic rings. The number of aliphatic carboxylic acids is 1. The third-order valence-electron chi connectivity index (χ3n) is 3.10. The van der Waals surface area contributed by atoms with Crippen molar-refractivity contribution < 1.29 is 19.4 Å². The molecule has 23 heavy (non-hydrogen) atoms. The van der Waals surface area contributed by atoms with Gasteiger partial charge in [0.2, 0.25) is 5.91 Å². The third-order valence-corrected chi connectivity index (χ3v) is 4.18. The van der Waals surface area contributed by atoms with Gasteiger partial charge in [-0.2, -0.15) is 0 Å². The van der Waals surface area contributed by atoms with Crippen LogP contribution in [0.4, 0.5) is 5.69 Å². The molecule has 0 unspecified atom stereocenters. The number of carboxylic acids is 1. The fourth-order valence-corrected chi connectivity index (χ4v) is 2.83. The molecular weight excluding hydrogens is 316 g/mol. The second-order valence-electron chi connectivity index (χ2n) is 4.87. The molecule has 0 radical (unpaired) electrons. The fourth-order valence-electron chi connectivity index (χ4n) is 1.96. The number of hydrogen-bond donors (Lipinski definition) is 1. The van der Waals surface area contributed by atoms with E-state index in [0.717, 1.165) is 0 Å². The largest absolute Gasteiger partial charge is 0.550 e. The topological polar surface area (TPSA) is 91.3 Å². The van der Waals surface area contributed by atoms with Gasteiger partial charge in [0.25, 0.3) is 0 Å². The summed E-state index contributed by atoms with van der Waals surface area (Å²) in [6.45, 7) is 4.09. The number of nitrogens with one attached hydrogen (secondary N) is 1. The van der Waals surface area contributed by atoms with Crippen molar-refractivity contribution in [3.8, 4) is 5.75 Å². The maximum atomic E-state index is 12.4. The highest BCUT2D eigenvalue weighted by Gasteiger charge is 2.20. The van der Waals surface area contributed by atoms with E-state index in [1.807, 2.05) is 19.1 Å². The average Bonchev–Trinajstić information content (AvgIpc) is 2.96. The summed E-state index contributed by atoms with van der Waals surface area (Å²) in [6.07, 6.45) is -0.252. The number of carbonyl (C=O) groups is 2. The van der Waals surface area contributed by atoms with Crippen molar-refractivity contribution in [2.24, 2.45) is 0 Å². The minimum Gasteiger partial charge on any atom is -0.550 e. The van der Waals surface area contributed by atoms with Crippen molar-refractivity contribution >= 4 is 28.9 Å². The number of benzene rings is 1. The number of carbonyl (C=O) groups excluding carboxylic acids is 2. The first-order valence-electron chi connectivity index (χ1n) is 7.18. The normalized spacial score (nSPS) is 11.7. The molecule has 1 heterocycles. The Morgan fingerprint density at radius 2 is 2.13 bits per heavy atom. The Morgan fingerprint density at radius 1 is 1.39 bits per heavy atom. The first kappa shape index (κ1) is 17.0. The summed E-state index contributed by atoms with van der Waals surface area (Å²) in [7, 11) is 0. The van der Waals surface area contributed by atoms with E-state index in [4.69, 9.17) is 4.74 Å². The number of anilines is 1. The number of amides is 1. The van der Waals surface area contributed by atoms with Gasteiger partial charge in [0.1, 0.15) is 10.8 Å². The summed E-state index contributed by atoms with van der Waals surface area (Å²) in [5.41, 5.74) is 0.997. The molecule has 0 aliphatic heterocycles. The predicted molar refractivity (Wildman–Crippen MR) is 85.5 cm³/mol. The molecule has 0 saturated heterocycles. The molecule has 0 aliphatic carbocycles. The zero-order valence-electron chi connectivity index (χ0n) is 12.9. The number of thiazole rings is 1. The molecule has 1 atom stereocenters. The van der Waals surface area contributed by atoms with Crippen LogP contribution < -0.4 is 15.2 Å². The molecule has 1 N–H and O–H groups in total. The van der Waals surface area contributed by atoms with E-state index in [0.29, 0.717) is 28.7 Å². The summed E-state index contributed by atoms with van der Waals surface area (Å²) in [6, 6.07) is 7.19. The third kappa shape index (κ3) is 4.53. The molecule has 0 aliphatic rings. The minimum atomic E-state index is -1.19. The maximum absolute atomic E-state index is 12.4. The number of aromatic nitrogens is 1. The maximum Gasteiger partial charge on any atom is 0.234 e. The van der Waals surface area contributed by atoms with Crippen molar-refractivity contribution in [3.05, 3.63) is 40.3 Å². The Balaban J connectivity index is 2.08. The van der Waals surface area contributed by atoms with Gasteiger partial charge in [-0.25, -0.2) is 4.98 Å². The second-order valence-corrected chi connectivity index (χ2v) is 5.76. The van der Waals surface area contributed by atoms with Gasteiger partial charge in [0.15, 0.2) is 0 Å². The molecule has 0 saturated carbocycles. The second kappa shape index (κ2) is 7.73. The Labute approximate surface area is 138 Å². The van der Waals surface area contributed by atoms with Crippen molar-refractivity contribution in [2.45, 2.75) is 26.2 Å². The lowest BCUT2D eigenvalue weighted by atomic mass is 10.1. The van der Waals surface area contributed by atoms with Crippen LogP contribution in [0.1, 0.15) is 30.5 Å². The highest BCUT2D eigenvalue weighted by Crippen LogP contribution is 2.27. The molecule has 1 amide bonds. The molecule has 2 rings (SSSR count). The summed E-state index contributed by atoms with van der Waals surface area (Å²) in [5.74, 6) is -1.31. The van der Waals surface area contributed by atoms with Crippen LogP contribution in [0.5, 0.6) is 5.75 Å². The van der Waals surface area contributed by atoms with Crippen LogP contribution in [-0.2, 0) is 16.0 Å². The predicted octanol–water partition coefficient (Wildman–Crippen LogP) is 1.58. The Bertz CT molecular complexity index is 699.